The van der Waals surface area contributed by atoms with Crippen LogP contribution in [0.15, 0.2) is 36.4 Å². The minimum atomic E-state index is -0.196. The third-order valence-electron chi connectivity index (χ3n) is 2.77. The first-order valence-corrected chi connectivity index (χ1v) is 5.28. The van der Waals surface area contributed by atoms with Gasteiger partial charge in [-0.1, -0.05) is 30.3 Å². The van der Waals surface area contributed by atoms with E-state index in [9.17, 15) is 0 Å². The Labute approximate surface area is 94.0 Å². The summed E-state index contributed by atoms with van der Waals surface area (Å²) < 4.78 is 11.4. The fourth-order valence-electron chi connectivity index (χ4n) is 1.92. The molecule has 0 spiro atoms. The van der Waals surface area contributed by atoms with Crippen molar-refractivity contribution in [3.63, 3.8) is 0 Å². The highest BCUT2D eigenvalue weighted by Gasteiger charge is 2.21. The highest BCUT2D eigenvalue weighted by atomic mass is 16.6. The molecule has 1 unspecified atom stereocenters. The third-order valence-corrected chi connectivity index (χ3v) is 2.77. The van der Waals surface area contributed by atoms with Crippen molar-refractivity contribution in [2.24, 2.45) is 0 Å². The molecular weight excluding hydrogens is 202 g/mol. The van der Waals surface area contributed by atoms with E-state index in [0.29, 0.717) is 6.61 Å². The third kappa shape index (κ3) is 1.41. The topological polar surface area (TPSA) is 32.6 Å². The van der Waals surface area contributed by atoms with Gasteiger partial charge in [-0.15, -0.1) is 0 Å². The van der Waals surface area contributed by atoms with Crippen LogP contribution in [0.2, 0.25) is 0 Å². The van der Waals surface area contributed by atoms with Crippen LogP contribution in [0.1, 0.15) is 0 Å². The van der Waals surface area contributed by atoms with Gasteiger partial charge >= 0.3 is 0 Å². The lowest BCUT2D eigenvalue weighted by molar-refractivity contribution is 0.0720. The molecule has 0 N–H and O–H groups in total. The van der Waals surface area contributed by atoms with Crippen molar-refractivity contribution in [1.82, 2.24) is 5.32 Å². The largest absolute Gasteiger partial charge is 0.484 e. The first kappa shape index (κ1) is 9.48. The molecule has 2 aromatic carbocycles. The lowest BCUT2D eigenvalue weighted by Gasteiger charge is -2.26. The molecule has 3 heteroatoms. The van der Waals surface area contributed by atoms with Gasteiger partial charge in [0.05, 0.1) is 0 Å². The Morgan fingerprint density at radius 2 is 2.06 bits per heavy atom. The Hall–Kier alpha value is -1.74. The van der Waals surface area contributed by atoms with Crippen LogP contribution >= 0.6 is 0 Å². The lowest BCUT2D eigenvalue weighted by Crippen LogP contribution is -2.35. The minimum absolute atomic E-state index is 0.196. The van der Waals surface area contributed by atoms with Crippen LogP contribution in [0.5, 0.6) is 11.5 Å². The van der Waals surface area contributed by atoms with Crippen LogP contribution in [0, 0.1) is 0 Å². The van der Waals surface area contributed by atoms with Gasteiger partial charge < -0.3 is 9.47 Å². The van der Waals surface area contributed by atoms with E-state index in [1.54, 1.807) is 7.05 Å². The van der Waals surface area contributed by atoms with Gasteiger partial charge in [0, 0.05) is 12.4 Å². The summed E-state index contributed by atoms with van der Waals surface area (Å²) in [7, 11) is 1.74. The van der Waals surface area contributed by atoms with Crippen molar-refractivity contribution < 1.29 is 9.47 Å². The molecule has 1 atom stereocenters. The van der Waals surface area contributed by atoms with Crippen molar-refractivity contribution >= 4 is 10.8 Å². The molecule has 1 radical (unpaired) electrons. The van der Waals surface area contributed by atoms with Crippen molar-refractivity contribution in [2.45, 2.75) is 6.23 Å². The monoisotopic (exact) mass is 214 g/mol. The van der Waals surface area contributed by atoms with Crippen LogP contribution in [0.4, 0.5) is 0 Å². The Morgan fingerprint density at radius 3 is 2.94 bits per heavy atom. The second-order valence-corrected chi connectivity index (χ2v) is 3.76. The second kappa shape index (κ2) is 3.68. The number of hydrogen-bond donors (Lipinski definition) is 0. The molecule has 0 saturated carbocycles. The van der Waals surface area contributed by atoms with Gasteiger partial charge in [-0.2, -0.15) is 0 Å². The molecule has 0 aromatic heterocycles. The van der Waals surface area contributed by atoms with Gasteiger partial charge in [0.15, 0.2) is 17.7 Å². The Kier molecular flexibility index (Phi) is 2.18. The van der Waals surface area contributed by atoms with Crippen molar-refractivity contribution in [3.05, 3.63) is 36.4 Å². The maximum absolute atomic E-state index is 5.80. The highest BCUT2D eigenvalue weighted by molar-refractivity contribution is 5.90. The number of likely N-dealkylation sites (N-methyl/N-ethyl adjacent to an activating group) is 1. The van der Waals surface area contributed by atoms with Crippen LogP contribution in [-0.2, 0) is 0 Å². The predicted molar refractivity (Wildman–Crippen MR) is 61.9 cm³/mol. The molecule has 2 aromatic rings. The van der Waals surface area contributed by atoms with Gasteiger partial charge in [-0.25, -0.2) is 5.32 Å². The smallest absolute Gasteiger partial charge is 0.199 e. The Bertz CT molecular complexity index is 524. The van der Waals surface area contributed by atoms with E-state index in [1.807, 2.05) is 30.3 Å². The van der Waals surface area contributed by atoms with E-state index in [-0.39, 0.29) is 6.23 Å². The van der Waals surface area contributed by atoms with Crippen LogP contribution in [-0.4, -0.2) is 19.9 Å². The Balaban J connectivity index is 2.17. The van der Waals surface area contributed by atoms with Crippen LogP contribution < -0.4 is 14.8 Å². The molecule has 0 bridgehead atoms. The lowest BCUT2D eigenvalue weighted by atomic mass is 10.1. The van der Waals surface area contributed by atoms with E-state index in [4.69, 9.17) is 9.47 Å². The number of benzene rings is 2. The minimum Gasteiger partial charge on any atom is -0.484 e. The first-order chi connectivity index (χ1) is 7.88. The highest BCUT2D eigenvalue weighted by Crippen LogP contribution is 2.38. The molecule has 0 saturated heterocycles. The van der Waals surface area contributed by atoms with Gasteiger partial charge in [-0.05, 0) is 11.5 Å². The van der Waals surface area contributed by atoms with E-state index in [1.165, 1.54) is 0 Å². The van der Waals surface area contributed by atoms with Gasteiger partial charge in [-0.3, -0.25) is 0 Å². The molecule has 16 heavy (non-hydrogen) atoms. The first-order valence-electron chi connectivity index (χ1n) is 5.28. The second-order valence-electron chi connectivity index (χ2n) is 3.76. The SMILES string of the molecule is C[N]C1COc2ccc3ccccc3c2O1. The van der Waals surface area contributed by atoms with Crippen LogP contribution in [0.3, 0.4) is 0 Å². The zero-order valence-corrected chi connectivity index (χ0v) is 9.01. The average molecular weight is 214 g/mol. The van der Waals surface area contributed by atoms with Crippen LogP contribution in [0.25, 0.3) is 10.8 Å². The number of nitrogens with zero attached hydrogens (tertiary/aromatic N) is 1. The number of fused-ring (bicyclic) bond motifs is 3. The molecule has 0 fully saturated rings. The van der Waals surface area contributed by atoms with E-state index in [2.05, 4.69) is 11.4 Å². The fraction of sp³-hybridized carbons (Fsp3) is 0.231. The summed E-state index contributed by atoms with van der Waals surface area (Å²) in [5.41, 5.74) is 0. The summed E-state index contributed by atoms with van der Waals surface area (Å²) in [6.07, 6.45) is -0.196. The summed E-state index contributed by atoms with van der Waals surface area (Å²) in [4.78, 5) is 0. The molecular formula is C13H12NO2. The molecule has 1 aliphatic heterocycles. The summed E-state index contributed by atoms with van der Waals surface area (Å²) in [6.45, 7) is 0.488. The van der Waals surface area contributed by atoms with Crippen molar-refractivity contribution in [2.75, 3.05) is 13.7 Å². The maximum atomic E-state index is 5.80. The molecule has 1 aliphatic rings. The molecule has 1 heterocycles. The molecule has 3 nitrogen and oxygen atoms in total. The van der Waals surface area contributed by atoms with Gasteiger partial charge in [0.2, 0.25) is 0 Å². The van der Waals surface area contributed by atoms with Gasteiger partial charge in [0.25, 0.3) is 0 Å². The molecule has 81 valence electrons. The number of hydrogen-bond acceptors (Lipinski definition) is 2. The number of rotatable bonds is 1. The quantitative estimate of drug-likeness (QED) is 0.728. The zero-order valence-electron chi connectivity index (χ0n) is 9.01. The maximum Gasteiger partial charge on any atom is 0.199 e. The van der Waals surface area contributed by atoms with E-state index < -0.39 is 0 Å². The van der Waals surface area contributed by atoms with Crippen molar-refractivity contribution in [3.8, 4) is 11.5 Å². The number of ether oxygens (including phenoxy) is 2. The molecule has 0 amide bonds. The normalized spacial score (nSPS) is 18.7. The average Bonchev–Trinajstić information content (AvgIpc) is 2.38. The molecule has 3 rings (SSSR count). The standard InChI is InChI=1S/C13H12NO2/c1-14-12-8-15-11-7-6-9-4-2-3-5-10(9)13(11)16-12/h2-7,12H,8H2,1H3. The van der Waals surface area contributed by atoms with Crippen molar-refractivity contribution in [1.29, 1.82) is 0 Å². The Morgan fingerprint density at radius 1 is 1.19 bits per heavy atom. The summed E-state index contributed by atoms with van der Waals surface area (Å²) in [5, 5.41) is 6.34. The van der Waals surface area contributed by atoms with E-state index >= 15 is 0 Å². The molecule has 0 aliphatic carbocycles. The zero-order chi connectivity index (χ0) is 11.0. The predicted octanol–water partition coefficient (Wildman–Crippen LogP) is 2.17. The fourth-order valence-corrected chi connectivity index (χ4v) is 1.92. The summed E-state index contributed by atoms with van der Waals surface area (Å²) >= 11 is 0. The summed E-state index contributed by atoms with van der Waals surface area (Å²) in [5.74, 6) is 1.61. The summed E-state index contributed by atoms with van der Waals surface area (Å²) in [6, 6.07) is 12.1. The van der Waals surface area contributed by atoms with Gasteiger partial charge in [0.1, 0.15) is 6.61 Å². The van der Waals surface area contributed by atoms with E-state index in [0.717, 1.165) is 22.3 Å².